The minimum absolute atomic E-state index is 0.0672. The third-order valence-electron chi connectivity index (χ3n) is 3.96. The maximum atomic E-state index is 12.4. The van der Waals surface area contributed by atoms with Crippen molar-refractivity contribution in [3.05, 3.63) is 32.4 Å². The lowest BCUT2D eigenvalue weighted by Crippen LogP contribution is -2.46. The molecule has 0 aliphatic heterocycles. The monoisotopic (exact) mass is 406 g/mol. The normalized spacial score (nSPS) is 17.8. The van der Waals surface area contributed by atoms with Crippen LogP contribution in [-0.2, 0) is 0 Å². The summed E-state index contributed by atoms with van der Waals surface area (Å²) in [5.74, 6) is 0.437. The largest absolute Gasteiger partial charge is 0.348 e. The number of hydrogen-bond acceptors (Lipinski definition) is 2. The van der Waals surface area contributed by atoms with Gasteiger partial charge < -0.3 is 11.1 Å². The van der Waals surface area contributed by atoms with Crippen molar-refractivity contribution >= 4 is 40.1 Å². The van der Waals surface area contributed by atoms with Crippen molar-refractivity contribution in [2.75, 3.05) is 6.54 Å². The molecule has 0 aromatic heterocycles. The molecule has 5 heteroatoms. The van der Waals surface area contributed by atoms with Crippen LogP contribution < -0.4 is 11.1 Å². The summed E-state index contributed by atoms with van der Waals surface area (Å²) >= 11 is 8.13. The smallest absolute Gasteiger partial charge is 0.252 e. The predicted octanol–water partition coefficient (Wildman–Crippen LogP) is 3.58. The lowest BCUT2D eigenvalue weighted by Gasteiger charge is -2.30. The van der Waals surface area contributed by atoms with E-state index in [0.29, 0.717) is 23.0 Å². The van der Waals surface area contributed by atoms with E-state index in [1.807, 2.05) is 6.07 Å². The maximum Gasteiger partial charge on any atom is 0.252 e. The zero-order valence-electron chi connectivity index (χ0n) is 11.4. The summed E-state index contributed by atoms with van der Waals surface area (Å²) < 4.78 is 0.906. The summed E-state index contributed by atoms with van der Waals surface area (Å²) in [5.41, 5.74) is 6.49. The molecule has 0 radical (unpaired) electrons. The molecule has 1 amide bonds. The molecule has 0 spiro atoms. The topological polar surface area (TPSA) is 55.1 Å². The van der Waals surface area contributed by atoms with E-state index in [9.17, 15) is 4.79 Å². The molecule has 3 nitrogen and oxygen atoms in total. The Balaban J connectivity index is 2.06. The fourth-order valence-corrected chi connectivity index (χ4v) is 3.58. The van der Waals surface area contributed by atoms with E-state index in [0.717, 1.165) is 16.4 Å². The van der Waals surface area contributed by atoms with Gasteiger partial charge in [-0.25, -0.2) is 0 Å². The summed E-state index contributed by atoms with van der Waals surface area (Å²) in [6.07, 6.45) is 6.11. The molecule has 3 N–H and O–H groups in total. The molecule has 110 valence electrons. The number of rotatable bonds is 4. The number of hydrogen-bond donors (Lipinski definition) is 2. The van der Waals surface area contributed by atoms with Crippen molar-refractivity contribution < 1.29 is 4.79 Å². The molecule has 0 saturated heterocycles. The molecule has 1 unspecified atom stereocenters. The van der Waals surface area contributed by atoms with Crippen molar-refractivity contribution in [1.29, 1.82) is 0 Å². The third kappa shape index (κ3) is 4.09. The summed E-state index contributed by atoms with van der Waals surface area (Å²) in [6.45, 7) is 0.494. The first kappa shape index (κ1) is 16.0. The molecule has 1 atom stereocenters. The van der Waals surface area contributed by atoms with Gasteiger partial charge in [0.15, 0.2) is 0 Å². The second-order valence-corrected chi connectivity index (χ2v) is 6.94. The number of amides is 1. The Bertz CT molecular complexity index is 475. The summed E-state index contributed by atoms with van der Waals surface area (Å²) in [5, 5.41) is 3.67. The second-order valence-electron chi connectivity index (χ2n) is 5.34. The standard InChI is InChI=1S/C15H20ClIN2O/c16-11-6-7-13(17)12(8-11)15(20)19-14(9-18)10-4-2-1-3-5-10/h6-8,10,14H,1-5,9,18H2,(H,19,20). The van der Waals surface area contributed by atoms with Crippen LogP contribution in [0.3, 0.4) is 0 Å². The Hall–Kier alpha value is -0.330. The van der Waals surface area contributed by atoms with Gasteiger partial charge in [-0.2, -0.15) is 0 Å². The van der Waals surface area contributed by atoms with E-state index in [1.54, 1.807) is 12.1 Å². The fraction of sp³-hybridized carbons (Fsp3) is 0.533. The summed E-state index contributed by atoms with van der Waals surface area (Å²) in [6, 6.07) is 5.43. The minimum atomic E-state index is -0.0714. The lowest BCUT2D eigenvalue weighted by atomic mass is 9.84. The Kier molecular flexibility index (Phi) is 6.11. The zero-order chi connectivity index (χ0) is 14.5. The van der Waals surface area contributed by atoms with Crippen LogP contribution in [0.1, 0.15) is 42.5 Å². The number of nitrogens with one attached hydrogen (secondary N) is 1. The zero-order valence-corrected chi connectivity index (χ0v) is 14.3. The van der Waals surface area contributed by atoms with Crippen LogP contribution in [0.2, 0.25) is 5.02 Å². The number of halogens is 2. The van der Waals surface area contributed by atoms with Crippen LogP contribution >= 0.6 is 34.2 Å². The molecule has 1 fully saturated rings. The molecule has 1 aliphatic rings. The first-order valence-corrected chi connectivity index (χ1v) is 8.53. The van der Waals surface area contributed by atoms with Gasteiger partial charge >= 0.3 is 0 Å². The van der Waals surface area contributed by atoms with E-state index >= 15 is 0 Å². The maximum absolute atomic E-state index is 12.4. The highest BCUT2D eigenvalue weighted by Gasteiger charge is 2.24. The molecule has 2 rings (SSSR count). The first-order chi connectivity index (χ1) is 9.61. The second kappa shape index (κ2) is 7.61. The first-order valence-electron chi connectivity index (χ1n) is 7.08. The average Bonchev–Trinajstić information content (AvgIpc) is 2.48. The van der Waals surface area contributed by atoms with Crippen LogP contribution in [0.4, 0.5) is 0 Å². The van der Waals surface area contributed by atoms with E-state index in [2.05, 4.69) is 27.9 Å². The minimum Gasteiger partial charge on any atom is -0.348 e. The molecule has 1 aromatic rings. The van der Waals surface area contributed by atoms with Crippen LogP contribution in [0.25, 0.3) is 0 Å². The summed E-state index contributed by atoms with van der Waals surface area (Å²) in [4.78, 5) is 12.4. The van der Waals surface area contributed by atoms with E-state index in [-0.39, 0.29) is 11.9 Å². The highest BCUT2D eigenvalue weighted by Crippen LogP contribution is 2.26. The van der Waals surface area contributed by atoms with Gasteiger partial charge in [-0.3, -0.25) is 4.79 Å². The Morgan fingerprint density at radius 3 is 2.75 bits per heavy atom. The quantitative estimate of drug-likeness (QED) is 0.751. The highest BCUT2D eigenvalue weighted by molar-refractivity contribution is 14.1. The van der Waals surface area contributed by atoms with Gasteiger partial charge in [0.05, 0.1) is 5.56 Å². The molecule has 20 heavy (non-hydrogen) atoms. The van der Waals surface area contributed by atoms with Gasteiger partial charge in [0, 0.05) is 21.2 Å². The summed E-state index contributed by atoms with van der Waals surface area (Å²) in [7, 11) is 0. The van der Waals surface area contributed by atoms with Crippen LogP contribution in [0.15, 0.2) is 18.2 Å². The van der Waals surface area contributed by atoms with Gasteiger partial charge in [-0.05, 0) is 59.5 Å². The molecular weight excluding hydrogens is 387 g/mol. The Morgan fingerprint density at radius 1 is 1.40 bits per heavy atom. The van der Waals surface area contributed by atoms with Crippen molar-refractivity contribution in [2.24, 2.45) is 11.7 Å². The molecular formula is C15H20ClIN2O. The van der Waals surface area contributed by atoms with E-state index in [1.165, 1.54) is 19.3 Å². The van der Waals surface area contributed by atoms with Crippen LogP contribution in [0, 0.1) is 9.49 Å². The molecule has 0 heterocycles. The van der Waals surface area contributed by atoms with Crippen molar-refractivity contribution in [3.8, 4) is 0 Å². The average molecular weight is 407 g/mol. The molecule has 1 aromatic carbocycles. The van der Waals surface area contributed by atoms with Crippen molar-refractivity contribution in [1.82, 2.24) is 5.32 Å². The van der Waals surface area contributed by atoms with Crippen LogP contribution in [0.5, 0.6) is 0 Å². The molecule has 1 aliphatic carbocycles. The van der Waals surface area contributed by atoms with Gasteiger partial charge in [-0.1, -0.05) is 30.9 Å². The van der Waals surface area contributed by atoms with Crippen molar-refractivity contribution in [2.45, 2.75) is 38.1 Å². The Labute approximate surface area is 138 Å². The third-order valence-corrected chi connectivity index (χ3v) is 5.14. The number of carbonyl (C=O) groups is 1. The number of benzene rings is 1. The predicted molar refractivity (Wildman–Crippen MR) is 91.1 cm³/mol. The lowest BCUT2D eigenvalue weighted by molar-refractivity contribution is 0.0914. The fourth-order valence-electron chi connectivity index (χ4n) is 2.82. The molecule has 0 bridgehead atoms. The number of nitrogens with two attached hydrogens (primary N) is 1. The SMILES string of the molecule is NCC(NC(=O)c1cc(Cl)ccc1I)C1CCCCC1. The molecule has 1 saturated carbocycles. The van der Waals surface area contributed by atoms with E-state index < -0.39 is 0 Å². The van der Waals surface area contributed by atoms with Gasteiger partial charge in [0.25, 0.3) is 5.91 Å². The van der Waals surface area contributed by atoms with E-state index in [4.69, 9.17) is 17.3 Å². The van der Waals surface area contributed by atoms with Gasteiger partial charge in [-0.15, -0.1) is 0 Å². The number of carbonyl (C=O) groups excluding carboxylic acids is 1. The van der Waals surface area contributed by atoms with Gasteiger partial charge in [0.1, 0.15) is 0 Å². The van der Waals surface area contributed by atoms with Crippen LogP contribution in [-0.4, -0.2) is 18.5 Å². The van der Waals surface area contributed by atoms with Crippen molar-refractivity contribution in [3.63, 3.8) is 0 Å². The highest BCUT2D eigenvalue weighted by atomic mass is 127. The van der Waals surface area contributed by atoms with Gasteiger partial charge in [0.2, 0.25) is 0 Å². The Morgan fingerprint density at radius 2 is 2.10 bits per heavy atom.